The second kappa shape index (κ2) is 10.0. The molecule has 6 nitrogen and oxygen atoms in total. The van der Waals surface area contributed by atoms with Crippen molar-refractivity contribution < 1.29 is 19.1 Å². The van der Waals surface area contributed by atoms with E-state index in [1.807, 2.05) is 84.0 Å². The molecule has 0 aromatic heterocycles. The van der Waals surface area contributed by atoms with Gasteiger partial charge in [0.1, 0.15) is 11.4 Å². The Bertz CT molecular complexity index is 1020. The predicted octanol–water partition coefficient (Wildman–Crippen LogP) is 4.71. The summed E-state index contributed by atoms with van der Waals surface area (Å²) in [6.07, 6.45) is 0.0732. The van der Waals surface area contributed by atoms with Gasteiger partial charge in [0, 0.05) is 5.69 Å². The third kappa shape index (κ3) is 5.37. The quantitative estimate of drug-likeness (QED) is 0.577. The Morgan fingerprint density at radius 1 is 0.906 bits per heavy atom. The van der Waals surface area contributed by atoms with E-state index in [0.717, 1.165) is 16.8 Å². The van der Waals surface area contributed by atoms with Gasteiger partial charge in [-0.1, -0.05) is 24.3 Å². The van der Waals surface area contributed by atoms with Crippen LogP contribution in [0.15, 0.2) is 48.2 Å². The van der Waals surface area contributed by atoms with E-state index in [4.69, 9.17) is 9.47 Å². The van der Waals surface area contributed by atoms with Gasteiger partial charge < -0.3 is 14.8 Å². The first kappa shape index (κ1) is 23.5. The maximum atomic E-state index is 13.3. The van der Waals surface area contributed by atoms with Gasteiger partial charge in [-0.2, -0.15) is 0 Å². The molecule has 0 fully saturated rings. The number of amides is 2. The summed E-state index contributed by atoms with van der Waals surface area (Å²) in [5, 5.41) is 3.25. The molecule has 32 heavy (non-hydrogen) atoms. The van der Waals surface area contributed by atoms with E-state index in [-0.39, 0.29) is 36.3 Å². The highest BCUT2D eigenvalue weighted by molar-refractivity contribution is 6.36. The number of hydrogen-bond acceptors (Lipinski definition) is 5. The molecule has 1 heterocycles. The summed E-state index contributed by atoms with van der Waals surface area (Å²) in [5.74, 6) is 0.0424. The number of aryl methyl sites for hydroxylation is 2. The molecule has 1 N–H and O–H groups in total. The number of ether oxygens (including phenoxy) is 2. The number of nitrogens with zero attached hydrogens (tertiary/aromatic N) is 1. The number of anilines is 1. The van der Waals surface area contributed by atoms with Crippen LogP contribution < -0.4 is 10.1 Å². The first-order chi connectivity index (χ1) is 15.2. The van der Waals surface area contributed by atoms with Crippen LogP contribution in [0.4, 0.5) is 5.69 Å². The molecule has 0 saturated heterocycles. The molecule has 0 spiro atoms. The number of nitrogens with one attached hydrogen (secondary N) is 1. The molecule has 0 saturated carbocycles. The fourth-order valence-corrected chi connectivity index (χ4v) is 3.52. The molecule has 0 radical (unpaired) electrons. The van der Waals surface area contributed by atoms with Crippen molar-refractivity contribution in [3.63, 3.8) is 0 Å². The van der Waals surface area contributed by atoms with Crippen LogP contribution in [0.1, 0.15) is 44.4 Å². The van der Waals surface area contributed by atoms with E-state index >= 15 is 0 Å². The van der Waals surface area contributed by atoms with Crippen LogP contribution in [0.25, 0.3) is 5.57 Å². The van der Waals surface area contributed by atoms with Crippen molar-refractivity contribution in [2.75, 3.05) is 18.5 Å². The highest BCUT2D eigenvalue weighted by atomic mass is 16.5. The molecule has 2 amide bonds. The maximum absolute atomic E-state index is 13.3. The third-order valence-electron chi connectivity index (χ3n) is 5.10. The Morgan fingerprint density at radius 3 is 2.22 bits per heavy atom. The number of hydrogen-bond donors (Lipinski definition) is 1. The fourth-order valence-electron chi connectivity index (χ4n) is 3.52. The molecule has 6 heteroatoms. The Labute approximate surface area is 190 Å². The summed E-state index contributed by atoms with van der Waals surface area (Å²) in [5.41, 5.74) is 4.17. The van der Waals surface area contributed by atoms with E-state index in [0.29, 0.717) is 23.5 Å². The molecular formula is C26H32N2O4. The minimum absolute atomic E-state index is 0.0243. The van der Waals surface area contributed by atoms with Crippen LogP contribution in [-0.2, 0) is 14.3 Å². The average molecular weight is 437 g/mol. The SMILES string of the molecule is Cc1ccc(C)c(NC2=C(c3ccc(OC(C)C)cc3)C(=O)N(CCOC(C)C)C2=O)c1. The lowest BCUT2D eigenvalue weighted by Gasteiger charge is -2.17. The van der Waals surface area contributed by atoms with Crippen molar-refractivity contribution in [3.05, 3.63) is 64.9 Å². The monoisotopic (exact) mass is 436 g/mol. The van der Waals surface area contributed by atoms with Crippen LogP contribution in [0.2, 0.25) is 0 Å². The van der Waals surface area contributed by atoms with Crippen LogP contribution in [0.3, 0.4) is 0 Å². The number of rotatable bonds is 9. The molecule has 2 aromatic rings. The first-order valence-electron chi connectivity index (χ1n) is 11.0. The van der Waals surface area contributed by atoms with Gasteiger partial charge in [0.2, 0.25) is 0 Å². The lowest BCUT2D eigenvalue weighted by atomic mass is 10.0. The topological polar surface area (TPSA) is 67.9 Å². The number of benzene rings is 2. The van der Waals surface area contributed by atoms with Gasteiger partial charge in [0.15, 0.2) is 0 Å². The van der Waals surface area contributed by atoms with Crippen LogP contribution in [0.5, 0.6) is 5.75 Å². The van der Waals surface area contributed by atoms with E-state index in [1.165, 1.54) is 4.90 Å². The van der Waals surface area contributed by atoms with Gasteiger partial charge in [0.05, 0.1) is 30.9 Å². The summed E-state index contributed by atoms with van der Waals surface area (Å²) >= 11 is 0. The zero-order valence-electron chi connectivity index (χ0n) is 19.7. The molecule has 170 valence electrons. The largest absolute Gasteiger partial charge is 0.491 e. The number of carbonyl (C=O) groups excluding carboxylic acids is 2. The van der Waals surface area contributed by atoms with E-state index < -0.39 is 0 Å². The Kier molecular flexibility index (Phi) is 7.36. The van der Waals surface area contributed by atoms with Crippen LogP contribution >= 0.6 is 0 Å². The summed E-state index contributed by atoms with van der Waals surface area (Å²) in [7, 11) is 0. The minimum atomic E-state index is -0.347. The normalized spacial score (nSPS) is 14.2. The zero-order valence-corrected chi connectivity index (χ0v) is 19.7. The molecule has 3 rings (SSSR count). The van der Waals surface area contributed by atoms with Crippen LogP contribution in [-0.4, -0.2) is 42.1 Å². The second-order valence-electron chi connectivity index (χ2n) is 8.57. The molecule has 0 aliphatic carbocycles. The van der Waals surface area contributed by atoms with Crippen molar-refractivity contribution >= 4 is 23.1 Å². The Hall–Kier alpha value is -3.12. The molecule has 0 unspecified atom stereocenters. The maximum Gasteiger partial charge on any atom is 0.278 e. The highest BCUT2D eigenvalue weighted by Gasteiger charge is 2.39. The van der Waals surface area contributed by atoms with Crippen molar-refractivity contribution in [1.29, 1.82) is 0 Å². The number of imide groups is 1. The van der Waals surface area contributed by atoms with Crippen molar-refractivity contribution in [3.8, 4) is 5.75 Å². The first-order valence-corrected chi connectivity index (χ1v) is 11.0. The van der Waals surface area contributed by atoms with Gasteiger partial charge in [-0.25, -0.2) is 0 Å². The lowest BCUT2D eigenvalue weighted by Crippen LogP contribution is -2.35. The van der Waals surface area contributed by atoms with E-state index in [1.54, 1.807) is 0 Å². The van der Waals surface area contributed by atoms with Gasteiger partial charge >= 0.3 is 0 Å². The van der Waals surface area contributed by atoms with Crippen molar-refractivity contribution in [2.45, 2.75) is 53.8 Å². The summed E-state index contributed by atoms with van der Waals surface area (Å²) in [6.45, 7) is 12.2. The highest BCUT2D eigenvalue weighted by Crippen LogP contribution is 2.32. The summed E-state index contributed by atoms with van der Waals surface area (Å²) < 4.78 is 11.3. The smallest absolute Gasteiger partial charge is 0.278 e. The minimum Gasteiger partial charge on any atom is -0.491 e. The third-order valence-corrected chi connectivity index (χ3v) is 5.10. The molecule has 1 aliphatic heterocycles. The van der Waals surface area contributed by atoms with Gasteiger partial charge in [-0.15, -0.1) is 0 Å². The van der Waals surface area contributed by atoms with Crippen LogP contribution in [0, 0.1) is 13.8 Å². The predicted molar refractivity (Wildman–Crippen MR) is 126 cm³/mol. The molecular weight excluding hydrogens is 404 g/mol. The van der Waals surface area contributed by atoms with Crippen molar-refractivity contribution in [2.24, 2.45) is 0 Å². The average Bonchev–Trinajstić information content (AvgIpc) is 2.95. The van der Waals surface area contributed by atoms with E-state index in [9.17, 15) is 9.59 Å². The zero-order chi connectivity index (χ0) is 23.4. The molecule has 0 bridgehead atoms. The Morgan fingerprint density at radius 2 is 1.59 bits per heavy atom. The lowest BCUT2D eigenvalue weighted by molar-refractivity contribution is -0.137. The molecule has 2 aromatic carbocycles. The number of carbonyl (C=O) groups is 2. The van der Waals surface area contributed by atoms with Crippen molar-refractivity contribution in [1.82, 2.24) is 4.90 Å². The van der Waals surface area contributed by atoms with Gasteiger partial charge in [-0.3, -0.25) is 14.5 Å². The van der Waals surface area contributed by atoms with E-state index in [2.05, 4.69) is 5.32 Å². The molecule has 0 atom stereocenters. The Balaban J connectivity index is 1.98. The summed E-state index contributed by atoms with van der Waals surface area (Å²) in [6, 6.07) is 13.3. The molecule has 1 aliphatic rings. The second-order valence-corrected chi connectivity index (χ2v) is 8.57. The van der Waals surface area contributed by atoms with Gasteiger partial charge in [-0.05, 0) is 76.4 Å². The van der Waals surface area contributed by atoms with Gasteiger partial charge in [0.25, 0.3) is 11.8 Å². The standard InChI is InChI=1S/C26H32N2O4/c1-16(2)31-14-13-28-25(29)23(20-9-11-21(12-10-20)32-17(3)4)24(26(28)30)27-22-15-18(5)7-8-19(22)6/h7-12,15-17,27H,13-14H2,1-6H3. The fraction of sp³-hybridized carbons (Fsp3) is 0.385. The summed E-state index contributed by atoms with van der Waals surface area (Å²) in [4.78, 5) is 27.9.